The number of aromatic nitrogens is 2. The summed E-state index contributed by atoms with van der Waals surface area (Å²) in [7, 11) is 0. The monoisotopic (exact) mass is 299 g/mol. The van der Waals surface area contributed by atoms with E-state index in [0.29, 0.717) is 5.02 Å². The average molecular weight is 300 g/mol. The molecule has 0 fully saturated rings. The van der Waals surface area contributed by atoms with Gasteiger partial charge in [-0.15, -0.1) is 0 Å². The van der Waals surface area contributed by atoms with Crippen molar-refractivity contribution in [1.82, 2.24) is 9.55 Å². The molecule has 3 aromatic rings. The Morgan fingerprint density at radius 3 is 2.52 bits per heavy atom. The molecule has 108 valence electrons. The molecule has 2 N–H and O–H groups in total. The van der Waals surface area contributed by atoms with Crippen molar-refractivity contribution >= 4 is 22.6 Å². The standard InChI is InChI=1S/C17H18ClN3/c1-10-6-15-17(7-11(10)2)21(9-20-15)16-5-4-13(12(3)19)8-14(16)18/h4-9,12H,19H2,1-3H3/t12-/m1/s1. The quantitative estimate of drug-likeness (QED) is 0.766. The van der Waals surface area contributed by atoms with Gasteiger partial charge in [-0.3, -0.25) is 4.57 Å². The zero-order valence-corrected chi connectivity index (χ0v) is 13.1. The van der Waals surface area contributed by atoms with Crippen LogP contribution in [0, 0.1) is 13.8 Å². The zero-order valence-electron chi connectivity index (χ0n) is 12.4. The first-order valence-electron chi connectivity index (χ1n) is 6.97. The molecular weight excluding hydrogens is 282 g/mol. The van der Waals surface area contributed by atoms with Crippen molar-refractivity contribution in [3.8, 4) is 5.69 Å². The van der Waals surface area contributed by atoms with E-state index in [4.69, 9.17) is 17.3 Å². The van der Waals surface area contributed by atoms with Crippen LogP contribution in [-0.4, -0.2) is 9.55 Å². The molecule has 0 amide bonds. The molecule has 0 spiro atoms. The Balaban J connectivity index is 2.19. The number of nitrogens with zero attached hydrogens (tertiary/aromatic N) is 2. The fraction of sp³-hybridized carbons (Fsp3) is 0.235. The second-order valence-electron chi connectivity index (χ2n) is 5.54. The molecule has 2 aromatic carbocycles. The number of aryl methyl sites for hydroxylation is 2. The number of benzene rings is 2. The van der Waals surface area contributed by atoms with E-state index in [0.717, 1.165) is 22.3 Å². The Bertz CT molecular complexity index is 818. The third-order valence-corrected chi connectivity index (χ3v) is 4.22. The number of rotatable bonds is 2. The lowest BCUT2D eigenvalue weighted by Gasteiger charge is -2.11. The minimum Gasteiger partial charge on any atom is -0.324 e. The third-order valence-electron chi connectivity index (χ3n) is 3.92. The Labute approximate surface area is 129 Å². The summed E-state index contributed by atoms with van der Waals surface area (Å²) >= 11 is 6.43. The van der Waals surface area contributed by atoms with Crippen molar-refractivity contribution in [3.63, 3.8) is 0 Å². The first-order valence-corrected chi connectivity index (χ1v) is 7.35. The summed E-state index contributed by atoms with van der Waals surface area (Å²) < 4.78 is 2.02. The van der Waals surface area contributed by atoms with E-state index >= 15 is 0 Å². The number of halogens is 1. The van der Waals surface area contributed by atoms with E-state index < -0.39 is 0 Å². The molecule has 0 unspecified atom stereocenters. The Morgan fingerprint density at radius 1 is 1.14 bits per heavy atom. The van der Waals surface area contributed by atoms with E-state index in [-0.39, 0.29) is 6.04 Å². The number of fused-ring (bicyclic) bond motifs is 1. The van der Waals surface area contributed by atoms with E-state index in [1.165, 1.54) is 11.1 Å². The number of hydrogen-bond donors (Lipinski definition) is 1. The summed E-state index contributed by atoms with van der Waals surface area (Å²) in [6, 6.07) is 10.2. The van der Waals surface area contributed by atoms with E-state index in [1.807, 2.05) is 36.0 Å². The molecule has 0 radical (unpaired) electrons. The van der Waals surface area contributed by atoms with Crippen LogP contribution < -0.4 is 5.73 Å². The van der Waals surface area contributed by atoms with Crippen LogP contribution >= 0.6 is 11.6 Å². The highest BCUT2D eigenvalue weighted by molar-refractivity contribution is 6.32. The zero-order chi connectivity index (χ0) is 15.1. The van der Waals surface area contributed by atoms with Gasteiger partial charge in [-0.05, 0) is 61.7 Å². The first-order chi connectivity index (χ1) is 9.97. The van der Waals surface area contributed by atoms with Crippen molar-refractivity contribution in [2.45, 2.75) is 26.8 Å². The molecule has 4 heteroatoms. The minimum absolute atomic E-state index is 0.0269. The van der Waals surface area contributed by atoms with Gasteiger partial charge < -0.3 is 5.73 Å². The maximum absolute atomic E-state index is 6.43. The summed E-state index contributed by atoms with van der Waals surface area (Å²) in [5.41, 5.74) is 12.4. The third kappa shape index (κ3) is 2.43. The molecule has 0 bridgehead atoms. The molecular formula is C17H18ClN3. The van der Waals surface area contributed by atoms with Crippen LogP contribution in [0.3, 0.4) is 0 Å². The predicted octanol–water partition coefficient (Wildman–Crippen LogP) is 4.32. The van der Waals surface area contributed by atoms with Gasteiger partial charge in [0.15, 0.2) is 0 Å². The maximum atomic E-state index is 6.43. The van der Waals surface area contributed by atoms with Crippen LogP contribution in [0.5, 0.6) is 0 Å². The second kappa shape index (κ2) is 5.17. The average Bonchev–Trinajstić information content (AvgIpc) is 2.82. The number of imidazole rings is 1. The highest BCUT2D eigenvalue weighted by atomic mass is 35.5. The van der Waals surface area contributed by atoms with Crippen molar-refractivity contribution in [3.05, 3.63) is 58.4 Å². The lowest BCUT2D eigenvalue weighted by atomic mass is 10.1. The summed E-state index contributed by atoms with van der Waals surface area (Å²) in [5.74, 6) is 0. The van der Waals surface area contributed by atoms with Gasteiger partial charge >= 0.3 is 0 Å². The molecule has 0 aliphatic heterocycles. The van der Waals surface area contributed by atoms with Crippen LogP contribution in [0.4, 0.5) is 0 Å². The molecule has 3 rings (SSSR count). The summed E-state index contributed by atoms with van der Waals surface area (Å²) in [5, 5.41) is 0.683. The highest BCUT2D eigenvalue weighted by Gasteiger charge is 2.11. The van der Waals surface area contributed by atoms with E-state index in [9.17, 15) is 0 Å². The molecule has 0 saturated carbocycles. The van der Waals surface area contributed by atoms with Crippen molar-refractivity contribution < 1.29 is 0 Å². The van der Waals surface area contributed by atoms with Gasteiger partial charge in [-0.25, -0.2) is 4.98 Å². The van der Waals surface area contributed by atoms with Crippen LogP contribution in [0.2, 0.25) is 5.02 Å². The summed E-state index contributed by atoms with van der Waals surface area (Å²) in [6.45, 7) is 6.15. The molecule has 0 saturated heterocycles. The van der Waals surface area contributed by atoms with E-state index in [1.54, 1.807) is 0 Å². The van der Waals surface area contributed by atoms with Gasteiger partial charge in [0.2, 0.25) is 0 Å². The van der Waals surface area contributed by atoms with Gasteiger partial charge in [0, 0.05) is 6.04 Å². The lowest BCUT2D eigenvalue weighted by molar-refractivity contribution is 0.817. The minimum atomic E-state index is -0.0269. The first kappa shape index (κ1) is 14.1. The van der Waals surface area contributed by atoms with Gasteiger partial charge in [-0.2, -0.15) is 0 Å². The Morgan fingerprint density at radius 2 is 1.86 bits per heavy atom. The molecule has 21 heavy (non-hydrogen) atoms. The van der Waals surface area contributed by atoms with Crippen molar-refractivity contribution in [1.29, 1.82) is 0 Å². The normalized spacial score (nSPS) is 12.8. The van der Waals surface area contributed by atoms with Crippen LogP contribution in [0.15, 0.2) is 36.7 Å². The second-order valence-corrected chi connectivity index (χ2v) is 5.95. The van der Waals surface area contributed by atoms with Gasteiger partial charge in [-0.1, -0.05) is 17.7 Å². The number of nitrogens with two attached hydrogens (primary N) is 1. The maximum Gasteiger partial charge on any atom is 0.100 e. The molecule has 0 aliphatic carbocycles. The van der Waals surface area contributed by atoms with Gasteiger partial charge in [0.05, 0.1) is 21.7 Å². The fourth-order valence-electron chi connectivity index (χ4n) is 2.46. The fourth-order valence-corrected chi connectivity index (χ4v) is 2.74. The van der Waals surface area contributed by atoms with Gasteiger partial charge in [0.25, 0.3) is 0 Å². The van der Waals surface area contributed by atoms with Crippen LogP contribution in [0.1, 0.15) is 29.7 Å². The van der Waals surface area contributed by atoms with Gasteiger partial charge in [0.1, 0.15) is 6.33 Å². The van der Waals surface area contributed by atoms with Crippen molar-refractivity contribution in [2.75, 3.05) is 0 Å². The van der Waals surface area contributed by atoms with Crippen molar-refractivity contribution in [2.24, 2.45) is 5.73 Å². The van der Waals surface area contributed by atoms with Crippen LogP contribution in [-0.2, 0) is 0 Å². The summed E-state index contributed by atoms with van der Waals surface area (Å²) in [6.07, 6.45) is 1.82. The van der Waals surface area contributed by atoms with Crippen LogP contribution in [0.25, 0.3) is 16.7 Å². The molecule has 1 aromatic heterocycles. The largest absolute Gasteiger partial charge is 0.324 e. The predicted molar refractivity (Wildman–Crippen MR) is 88.2 cm³/mol. The lowest BCUT2D eigenvalue weighted by Crippen LogP contribution is -2.05. The molecule has 0 aliphatic rings. The summed E-state index contributed by atoms with van der Waals surface area (Å²) in [4.78, 5) is 4.48. The Kier molecular flexibility index (Phi) is 3.47. The number of hydrogen-bond acceptors (Lipinski definition) is 2. The highest BCUT2D eigenvalue weighted by Crippen LogP contribution is 2.28. The topological polar surface area (TPSA) is 43.8 Å². The smallest absolute Gasteiger partial charge is 0.100 e. The van der Waals surface area contributed by atoms with E-state index in [2.05, 4.69) is 31.0 Å². The Hall–Kier alpha value is -1.84. The molecule has 3 nitrogen and oxygen atoms in total. The SMILES string of the molecule is Cc1cc2ncn(-c3ccc([C@@H](C)N)cc3Cl)c2cc1C. The molecule has 1 heterocycles. The molecule has 1 atom stereocenters.